The van der Waals surface area contributed by atoms with Gasteiger partial charge in [0.05, 0.1) is 6.54 Å². The summed E-state index contributed by atoms with van der Waals surface area (Å²) >= 11 is 0. The third-order valence-corrected chi connectivity index (χ3v) is 4.28. The smallest absolute Gasteiger partial charge is 0.0679 e. The molecule has 1 heterocycles. The third kappa shape index (κ3) is 3.21. The van der Waals surface area contributed by atoms with Crippen molar-refractivity contribution in [3.8, 4) is 0 Å². The fraction of sp³-hybridized carbons (Fsp3) is 0.471. The Bertz CT molecular complexity index is 525. The molecule has 1 aliphatic rings. The van der Waals surface area contributed by atoms with E-state index < -0.39 is 0 Å². The number of hydrogen-bond acceptors (Lipinski definition) is 2. The molecule has 106 valence electrons. The van der Waals surface area contributed by atoms with Crippen LogP contribution in [0.3, 0.4) is 0 Å². The zero-order valence-electron chi connectivity index (χ0n) is 12.1. The number of aromatic nitrogens is 2. The Balaban J connectivity index is 1.69. The van der Waals surface area contributed by atoms with Crippen LogP contribution in [0.5, 0.6) is 0 Å². The van der Waals surface area contributed by atoms with Crippen LogP contribution >= 0.6 is 0 Å². The molecular weight excluding hydrogens is 246 g/mol. The average molecular weight is 269 g/mol. The molecule has 3 rings (SSSR count). The molecule has 0 unspecified atom stereocenters. The lowest BCUT2D eigenvalue weighted by Gasteiger charge is -2.28. The number of hydrogen-bond donors (Lipinski definition) is 1. The summed E-state index contributed by atoms with van der Waals surface area (Å²) in [4.78, 5) is 0. The molecule has 3 nitrogen and oxygen atoms in total. The van der Waals surface area contributed by atoms with Gasteiger partial charge in [-0.05, 0) is 49.3 Å². The highest BCUT2D eigenvalue weighted by molar-refractivity contribution is 5.51. The van der Waals surface area contributed by atoms with E-state index in [0.29, 0.717) is 6.04 Å². The van der Waals surface area contributed by atoms with Crippen LogP contribution < -0.4 is 5.32 Å². The Kier molecular flexibility index (Phi) is 4.05. The molecule has 0 amide bonds. The first-order valence-corrected chi connectivity index (χ1v) is 7.63. The number of para-hydroxylation sites is 1. The van der Waals surface area contributed by atoms with Crippen LogP contribution in [0, 0.1) is 5.92 Å². The second-order valence-electron chi connectivity index (χ2n) is 5.96. The molecule has 1 aliphatic carbocycles. The molecule has 1 fully saturated rings. The van der Waals surface area contributed by atoms with Crippen LogP contribution in [0.25, 0.3) is 0 Å². The van der Waals surface area contributed by atoms with Gasteiger partial charge in [-0.25, -0.2) is 0 Å². The van der Waals surface area contributed by atoms with Crippen molar-refractivity contribution in [1.29, 1.82) is 0 Å². The molecule has 3 heteroatoms. The molecule has 0 radical (unpaired) electrons. The number of rotatable bonds is 4. The Morgan fingerprint density at radius 3 is 2.70 bits per heavy atom. The van der Waals surface area contributed by atoms with E-state index in [1.807, 2.05) is 23.1 Å². The predicted octanol–water partition coefficient (Wildman–Crippen LogP) is 3.92. The summed E-state index contributed by atoms with van der Waals surface area (Å²) in [6.45, 7) is 3.20. The fourth-order valence-electron chi connectivity index (χ4n) is 2.99. The van der Waals surface area contributed by atoms with E-state index >= 15 is 0 Å². The first-order chi connectivity index (χ1) is 9.81. The molecule has 0 aliphatic heterocycles. The highest BCUT2D eigenvalue weighted by atomic mass is 15.3. The van der Waals surface area contributed by atoms with Gasteiger partial charge < -0.3 is 5.32 Å². The Morgan fingerprint density at radius 1 is 1.15 bits per heavy atom. The minimum Gasteiger partial charge on any atom is -0.382 e. The molecule has 20 heavy (non-hydrogen) atoms. The maximum absolute atomic E-state index is 4.30. The molecule has 1 N–H and O–H groups in total. The van der Waals surface area contributed by atoms with Gasteiger partial charge in [0, 0.05) is 24.1 Å². The molecule has 1 aromatic heterocycles. The molecule has 0 saturated heterocycles. The summed E-state index contributed by atoms with van der Waals surface area (Å²) in [5.41, 5.74) is 2.58. The second-order valence-corrected chi connectivity index (χ2v) is 5.96. The lowest BCUT2D eigenvalue weighted by molar-refractivity contribution is 0.361. The Hall–Kier alpha value is -1.77. The van der Waals surface area contributed by atoms with Gasteiger partial charge >= 0.3 is 0 Å². The van der Waals surface area contributed by atoms with E-state index in [1.165, 1.54) is 36.9 Å². The Morgan fingerprint density at radius 2 is 1.95 bits per heavy atom. The van der Waals surface area contributed by atoms with Crippen molar-refractivity contribution in [3.63, 3.8) is 0 Å². The zero-order chi connectivity index (χ0) is 13.8. The molecule has 1 aromatic carbocycles. The number of nitrogens with zero attached hydrogens (tertiary/aromatic N) is 2. The molecular formula is C17H23N3. The minimum atomic E-state index is 0.630. The first-order valence-electron chi connectivity index (χ1n) is 7.63. The van der Waals surface area contributed by atoms with Crippen molar-refractivity contribution in [2.45, 2.75) is 45.2 Å². The largest absolute Gasteiger partial charge is 0.382 e. The van der Waals surface area contributed by atoms with Crippen molar-refractivity contribution >= 4 is 5.69 Å². The standard InChI is InChI=1S/C17H23N3/c1-14-7-9-16(10-8-14)19-17-6-3-2-5-15(17)13-20-12-4-11-18-20/h2-6,11-12,14,16,19H,7-10,13H2,1H3. The summed E-state index contributed by atoms with van der Waals surface area (Å²) in [6.07, 6.45) is 9.12. The topological polar surface area (TPSA) is 29.9 Å². The van der Waals surface area contributed by atoms with Crippen LogP contribution in [-0.2, 0) is 6.54 Å². The van der Waals surface area contributed by atoms with Crippen molar-refractivity contribution in [3.05, 3.63) is 48.3 Å². The second kappa shape index (κ2) is 6.12. The van der Waals surface area contributed by atoms with Gasteiger partial charge in [0.2, 0.25) is 0 Å². The van der Waals surface area contributed by atoms with Gasteiger partial charge in [-0.2, -0.15) is 5.10 Å². The van der Waals surface area contributed by atoms with Crippen molar-refractivity contribution in [1.82, 2.24) is 9.78 Å². The molecule has 1 saturated carbocycles. The number of nitrogens with one attached hydrogen (secondary N) is 1. The van der Waals surface area contributed by atoms with E-state index in [1.54, 1.807) is 0 Å². The predicted molar refractivity (Wildman–Crippen MR) is 82.8 cm³/mol. The van der Waals surface area contributed by atoms with Crippen LogP contribution in [0.1, 0.15) is 38.2 Å². The van der Waals surface area contributed by atoms with Gasteiger partial charge in [0.1, 0.15) is 0 Å². The van der Waals surface area contributed by atoms with Crippen molar-refractivity contribution in [2.24, 2.45) is 5.92 Å². The van der Waals surface area contributed by atoms with E-state index in [9.17, 15) is 0 Å². The van der Waals surface area contributed by atoms with Gasteiger partial charge in [-0.15, -0.1) is 0 Å². The number of anilines is 1. The monoisotopic (exact) mass is 269 g/mol. The lowest BCUT2D eigenvalue weighted by atomic mass is 9.87. The van der Waals surface area contributed by atoms with Gasteiger partial charge in [-0.1, -0.05) is 25.1 Å². The maximum Gasteiger partial charge on any atom is 0.0679 e. The van der Waals surface area contributed by atoms with E-state index in [0.717, 1.165) is 12.5 Å². The van der Waals surface area contributed by atoms with Crippen LogP contribution in [0.4, 0.5) is 5.69 Å². The minimum absolute atomic E-state index is 0.630. The van der Waals surface area contributed by atoms with Gasteiger partial charge in [-0.3, -0.25) is 4.68 Å². The summed E-state index contributed by atoms with van der Waals surface area (Å²) < 4.78 is 1.98. The zero-order valence-corrected chi connectivity index (χ0v) is 12.1. The molecule has 0 spiro atoms. The maximum atomic E-state index is 4.30. The SMILES string of the molecule is CC1CCC(Nc2ccccc2Cn2cccn2)CC1. The van der Waals surface area contributed by atoms with Gasteiger partial charge in [0.15, 0.2) is 0 Å². The van der Waals surface area contributed by atoms with Crippen LogP contribution in [0.15, 0.2) is 42.7 Å². The van der Waals surface area contributed by atoms with Crippen LogP contribution in [-0.4, -0.2) is 15.8 Å². The fourth-order valence-corrected chi connectivity index (χ4v) is 2.99. The van der Waals surface area contributed by atoms with E-state index in [-0.39, 0.29) is 0 Å². The normalized spacial score (nSPS) is 22.6. The highest BCUT2D eigenvalue weighted by Crippen LogP contribution is 2.27. The third-order valence-electron chi connectivity index (χ3n) is 4.28. The van der Waals surface area contributed by atoms with Crippen molar-refractivity contribution in [2.75, 3.05) is 5.32 Å². The van der Waals surface area contributed by atoms with E-state index in [2.05, 4.69) is 41.6 Å². The van der Waals surface area contributed by atoms with Gasteiger partial charge in [0.25, 0.3) is 0 Å². The lowest BCUT2D eigenvalue weighted by Crippen LogP contribution is -2.25. The summed E-state index contributed by atoms with van der Waals surface area (Å²) in [5, 5.41) is 8.04. The summed E-state index contributed by atoms with van der Waals surface area (Å²) in [6, 6.07) is 11.2. The molecule has 2 aromatic rings. The summed E-state index contributed by atoms with van der Waals surface area (Å²) in [5.74, 6) is 0.896. The first kappa shape index (κ1) is 13.2. The van der Waals surface area contributed by atoms with Crippen LogP contribution in [0.2, 0.25) is 0 Å². The van der Waals surface area contributed by atoms with E-state index in [4.69, 9.17) is 0 Å². The number of benzene rings is 1. The van der Waals surface area contributed by atoms with Crippen molar-refractivity contribution < 1.29 is 0 Å². The summed E-state index contributed by atoms with van der Waals surface area (Å²) in [7, 11) is 0. The average Bonchev–Trinajstić information content (AvgIpc) is 2.96. The Labute approximate surface area is 121 Å². The highest BCUT2D eigenvalue weighted by Gasteiger charge is 2.18. The quantitative estimate of drug-likeness (QED) is 0.911. The molecule has 0 bridgehead atoms. The molecule has 0 atom stereocenters.